The molecule has 0 saturated carbocycles. The standard InChI is InChI=1S/C19H22ClNO4/c1-3-22-18-8-14(15(20)9-19(18)23-4-2)11-21-10-13-5-6-16-17(7-13)25-12-24-16/h5-9,21H,3-4,10-12H2,1-2H3. The molecule has 0 fully saturated rings. The lowest BCUT2D eigenvalue weighted by atomic mass is 10.1. The van der Waals surface area contributed by atoms with Crippen molar-refractivity contribution in [2.75, 3.05) is 20.0 Å². The Morgan fingerprint density at radius 2 is 1.68 bits per heavy atom. The van der Waals surface area contributed by atoms with E-state index in [-0.39, 0.29) is 6.79 Å². The van der Waals surface area contributed by atoms with Crippen LogP contribution in [0.25, 0.3) is 0 Å². The van der Waals surface area contributed by atoms with Gasteiger partial charge in [0, 0.05) is 24.2 Å². The van der Waals surface area contributed by atoms with Crippen molar-refractivity contribution < 1.29 is 18.9 Å². The number of benzene rings is 2. The Morgan fingerprint density at radius 3 is 2.44 bits per heavy atom. The average Bonchev–Trinajstić information content (AvgIpc) is 3.06. The van der Waals surface area contributed by atoms with Crippen molar-refractivity contribution in [3.8, 4) is 23.0 Å². The van der Waals surface area contributed by atoms with Crippen LogP contribution in [0.4, 0.5) is 0 Å². The van der Waals surface area contributed by atoms with Gasteiger partial charge in [0.15, 0.2) is 23.0 Å². The van der Waals surface area contributed by atoms with Crippen molar-refractivity contribution in [1.29, 1.82) is 0 Å². The number of hydrogen-bond acceptors (Lipinski definition) is 5. The molecule has 6 heteroatoms. The number of halogens is 1. The Morgan fingerprint density at radius 1 is 0.960 bits per heavy atom. The van der Waals surface area contributed by atoms with Crippen LogP contribution >= 0.6 is 11.6 Å². The fourth-order valence-corrected chi connectivity index (χ4v) is 2.86. The molecule has 0 atom stereocenters. The quantitative estimate of drug-likeness (QED) is 0.763. The topological polar surface area (TPSA) is 49.0 Å². The van der Waals surface area contributed by atoms with Crippen LogP contribution in [-0.4, -0.2) is 20.0 Å². The van der Waals surface area contributed by atoms with Gasteiger partial charge in [-0.15, -0.1) is 0 Å². The molecule has 0 aromatic heterocycles. The van der Waals surface area contributed by atoms with Crippen molar-refractivity contribution in [2.24, 2.45) is 0 Å². The molecule has 0 unspecified atom stereocenters. The molecule has 1 aliphatic rings. The molecule has 0 radical (unpaired) electrons. The maximum atomic E-state index is 6.38. The summed E-state index contributed by atoms with van der Waals surface area (Å²) in [5.74, 6) is 2.97. The minimum Gasteiger partial charge on any atom is -0.490 e. The first kappa shape index (κ1) is 17.7. The Hall–Kier alpha value is -2.11. The molecule has 0 saturated heterocycles. The second-order valence-electron chi connectivity index (χ2n) is 5.55. The van der Waals surface area contributed by atoms with Gasteiger partial charge in [0.1, 0.15) is 0 Å². The van der Waals surface area contributed by atoms with Gasteiger partial charge in [-0.1, -0.05) is 17.7 Å². The molecule has 0 aliphatic carbocycles. The number of ether oxygens (including phenoxy) is 4. The summed E-state index contributed by atoms with van der Waals surface area (Å²) in [4.78, 5) is 0. The first-order valence-corrected chi connectivity index (χ1v) is 8.76. The second kappa shape index (κ2) is 8.32. The van der Waals surface area contributed by atoms with Crippen LogP contribution in [0.15, 0.2) is 30.3 Å². The predicted octanol–water partition coefficient (Wildman–Crippen LogP) is 4.16. The summed E-state index contributed by atoms with van der Waals surface area (Å²) < 4.78 is 22.0. The van der Waals surface area contributed by atoms with Crippen LogP contribution in [-0.2, 0) is 13.1 Å². The molecule has 134 valence electrons. The monoisotopic (exact) mass is 363 g/mol. The zero-order chi connectivity index (χ0) is 17.6. The summed E-state index contributed by atoms with van der Waals surface area (Å²) in [5.41, 5.74) is 2.09. The van der Waals surface area contributed by atoms with Gasteiger partial charge in [0.2, 0.25) is 6.79 Å². The molecule has 2 aromatic carbocycles. The number of nitrogens with one attached hydrogen (secondary N) is 1. The summed E-state index contributed by atoms with van der Waals surface area (Å²) in [6, 6.07) is 9.68. The van der Waals surface area contributed by atoms with Gasteiger partial charge < -0.3 is 24.3 Å². The van der Waals surface area contributed by atoms with Gasteiger partial charge in [-0.25, -0.2) is 0 Å². The maximum Gasteiger partial charge on any atom is 0.231 e. The molecule has 5 nitrogen and oxygen atoms in total. The lowest BCUT2D eigenvalue weighted by molar-refractivity contribution is 0.174. The summed E-state index contributed by atoms with van der Waals surface area (Å²) in [6.45, 7) is 6.63. The molecule has 2 aromatic rings. The highest BCUT2D eigenvalue weighted by atomic mass is 35.5. The Kier molecular flexibility index (Phi) is 5.89. The number of rotatable bonds is 8. The summed E-state index contributed by atoms with van der Waals surface area (Å²) in [7, 11) is 0. The smallest absolute Gasteiger partial charge is 0.231 e. The van der Waals surface area contributed by atoms with Crippen LogP contribution < -0.4 is 24.3 Å². The minimum atomic E-state index is 0.286. The molecule has 3 rings (SSSR count). The van der Waals surface area contributed by atoms with E-state index in [1.807, 2.05) is 44.2 Å². The van der Waals surface area contributed by atoms with Gasteiger partial charge >= 0.3 is 0 Å². The van der Waals surface area contributed by atoms with E-state index in [2.05, 4.69) is 5.32 Å². The van der Waals surface area contributed by atoms with E-state index in [0.29, 0.717) is 42.8 Å². The highest BCUT2D eigenvalue weighted by Crippen LogP contribution is 2.34. The van der Waals surface area contributed by atoms with Crippen molar-refractivity contribution in [3.63, 3.8) is 0 Å². The van der Waals surface area contributed by atoms with Crippen molar-refractivity contribution in [3.05, 3.63) is 46.5 Å². The summed E-state index contributed by atoms with van der Waals surface area (Å²) in [6.07, 6.45) is 0. The van der Waals surface area contributed by atoms with E-state index in [1.54, 1.807) is 0 Å². The van der Waals surface area contributed by atoms with Crippen LogP contribution in [0.3, 0.4) is 0 Å². The van der Waals surface area contributed by atoms with E-state index in [1.165, 1.54) is 0 Å². The van der Waals surface area contributed by atoms with E-state index < -0.39 is 0 Å². The molecule has 1 N–H and O–H groups in total. The fourth-order valence-electron chi connectivity index (χ4n) is 2.64. The van der Waals surface area contributed by atoms with Crippen molar-refractivity contribution >= 4 is 11.6 Å². The number of fused-ring (bicyclic) bond motifs is 1. The Bertz CT molecular complexity index is 736. The third-order valence-electron chi connectivity index (χ3n) is 3.79. The third kappa shape index (κ3) is 4.30. The molecule has 0 bridgehead atoms. The van der Waals surface area contributed by atoms with Gasteiger partial charge in [0.25, 0.3) is 0 Å². The summed E-state index contributed by atoms with van der Waals surface area (Å²) in [5, 5.41) is 4.05. The largest absolute Gasteiger partial charge is 0.490 e. The van der Waals surface area contributed by atoms with Crippen LogP contribution in [0.2, 0.25) is 5.02 Å². The lowest BCUT2D eigenvalue weighted by Crippen LogP contribution is -2.13. The first-order valence-electron chi connectivity index (χ1n) is 8.38. The predicted molar refractivity (Wildman–Crippen MR) is 96.9 cm³/mol. The van der Waals surface area contributed by atoms with Gasteiger partial charge in [-0.2, -0.15) is 0 Å². The SMILES string of the molecule is CCOc1cc(Cl)c(CNCc2ccc3c(c2)OCO3)cc1OCC. The molecule has 1 heterocycles. The minimum absolute atomic E-state index is 0.286. The maximum absolute atomic E-state index is 6.38. The van der Waals surface area contributed by atoms with E-state index in [0.717, 1.165) is 22.6 Å². The lowest BCUT2D eigenvalue weighted by Gasteiger charge is -2.14. The highest BCUT2D eigenvalue weighted by molar-refractivity contribution is 6.31. The van der Waals surface area contributed by atoms with Crippen LogP contribution in [0.1, 0.15) is 25.0 Å². The van der Waals surface area contributed by atoms with Gasteiger partial charge in [-0.3, -0.25) is 0 Å². The van der Waals surface area contributed by atoms with Crippen LogP contribution in [0, 0.1) is 0 Å². The number of hydrogen-bond donors (Lipinski definition) is 1. The van der Waals surface area contributed by atoms with E-state index >= 15 is 0 Å². The Labute approximate surface area is 152 Å². The zero-order valence-corrected chi connectivity index (χ0v) is 15.2. The molecule has 25 heavy (non-hydrogen) atoms. The van der Waals surface area contributed by atoms with Crippen molar-refractivity contribution in [2.45, 2.75) is 26.9 Å². The molecule has 0 amide bonds. The molecule has 1 aliphatic heterocycles. The van der Waals surface area contributed by atoms with E-state index in [9.17, 15) is 0 Å². The Balaban J connectivity index is 1.65. The average molecular weight is 364 g/mol. The third-order valence-corrected chi connectivity index (χ3v) is 4.15. The molecular formula is C19H22ClNO4. The molecular weight excluding hydrogens is 342 g/mol. The fraction of sp³-hybridized carbons (Fsp3) is 0.368. The van der Waals surface area contributed by atoms with Gasteiger partial charge in [-0.05, 0) is 43.2 Å². The van der Waals surface area contributed by atoms with Crippen molar-refractivity contribution in [1.82, 2.24) is 5.32 Å². The van der Waals surface area contributed by atoms with Gasteiger partial charge in [0.05, 0.1) is 13.2 Å². The summed E-state index contributed by atoms with van der Waals surface area (Å²) >= 11 is 6.38. The van der Waals surface area contributed by atoms with E-state index in [4.69, 9.17) is 30.5 Å². The normalized spacial score (nSPS) is 12.3. The second-order valence-corrected chi connectivity index (χ2v) is 5.95. The molecule has 0 spiro atoms. The highest BCUT2D eigenvalue weighted by Gasteiger charge is 2.14. The van der Waals surface area contributed by atoms with Crippen LogP contribution in [0.5, 0.6) is 23.0 Å². The zero-order valence-electron chi connectivity index (χ0n) is 14.4. The first-order chi connectivity index (χ1) is 12.2.